The van der Waals surface area contributed by atoms with Gasteiger partial charge in [-0.2, -0.15) is 0 Å². The summed E-state index contributed by atoms with van der Waals surface area (Å²) in [5, 5.41) is 0.773. The first kappa shape index (κ1) is 13.4. The zero-order chi connectivity index (χ0) is 13.1. The highest BCUT2D eigenvalue weighted by Gasteiger charge is 2.26. The monoisotopic (exact) mass is 266 g/mol. The molecular formula is C14H19ClN2O. The molecule has 2 rings (SSSR count). The van der Waals surface area contributed by atoms with Crippen molar-refractivity contribution in [2.75, 3.05) is 26.7 Å². The van der Waals surface area contributed by atoms with E-state index in [-0.39, 0.29) is 5.91 Å². The standard InChI is InChI=1S/C14H19ClN2O/c1-11-9-16(2)14(18)10-17(11)7-6-12-4-3-5-13(15)8-12/h3-5,8,11H,6-7,9-10H2,1-2H3. The molecule has 1 saturated heterocycles. The minimum Gasteiger partial charge on any atom is -0.343 e. The number of hydrogen-bond donors (Lipinski definition) is 0. The van der Waals surface area contributed by atoms with Gasteiger partial charge < -0.3 is 4.90 Å². The van der Waals surface area contributed by atoms with E-state index < -0.39 is 0 Å². The Bertz CT molecular complexity index is 436. The summed E-state index contributed by atoms with van der Waals surface area (Å²) in [7, 11) is 1.87. The van der Waals surface area contributed by atoms with Crippen LogP contribution in [-0.2, 0) is 11.2 Å². The molecule has 1 atom stereocenters. The normalized spacial score (nSPS) is 21.4. The van der Waals surface area contributed by atoms with E-state index in [1.165, 1.54) is 5.56 Å². The van der Waals surface area contributed by atoms with Crippen molar-refractivity contribution in [1.82, 2.24) is 9.80 Å². The van der Waals surface area contributed by atoms with Crippen LogP contribution in [0.15, 0.2) is 24.3 Å². The molecule has 0 bridgehead atoms. The number of hydrogen-bond acceptors (Lipinski definition) is 2. The van der Waals surface area contributed by atoms with E-state index in [4.69, 9.17) is 11.6 Å². The van der Waals surface area contributed by atoms with E-state index in [9.17, 15) is 4.79 Å². The Morgan fingerprint density at radius 2 is 2.22 bits per heavy atom. The van der Waals surface area contributed by atoms with Gasteiger partial charge in [0.1, 0.15) is 0 Å². The highest BCUT2D eigenvalue weighted by atomic mass is 35.5. The summed E-state index contributed by atoms with van der Waals surface area (Å²) < 4.78 is 0. The summed E-state index contributed by atoms with van der Waals surface area (Å²) in [5.74, 6) is 0.208. The number of carbonyl (C=O) groups is 1. The molecule has 98 valence electrons. The van der Waals surface area contributed by atoms with Crippen LogP contribution in [0, 0.1) is 0 Å². The molecule has 0 N–H and O–H groups in total. The van der Waals surface area contributed by atoms with Gasteiger partial charge in [0.15, 0.2) is 0 Å². The third-order valence-corrected chi connectivity index (χ3v) is 3.74. The van der Waals surface area contributed by atoms with Gasteiger partial charge >= 0.3 is 0 Å². The van der Waals surface area contributed by atoms with E-state index in [2.05, 4.69) is 17.9 Å². The highest BCUT2D eigenvalue weighted by Crippen LogP contribution is 2.14. The molecule has 1 aromatic carbocycles. The Labute approximate surface area is 113 Å². The zero-order valence-electron chi connectivity index (χ0n) is 10.9. The molecule has 0 spiro atoms. The molecule has 1 fully saturated rings. The van der Waals surface area contributed by atoms with Gasteiger partial charge in [-0.15, -0.1) is 0 Å². The molecule has 18 heavy (non-hydrogen) atoms. The smallest absolute Gasteiger partial charge is 0.236 e. The van der Waals surface area contributed by atoms with Crippen LogP contribution in [0.25, 0.3) is 0 Å². The number of nitrogens with zero attached hydrogens (tertiary/aromatic N) is 2. The topological polar surface area (TPSA) is 23.6 Å². The number of amides is 1. The minimum absolute atomic E-state index is 0.208. The number of benzene rings is 1. The van der Waals surface area contributed by atoms with Crippen LogP contribution in [0.2, 0.25) is 5.02 Å². The number of carbonyl (C=O) groups excluding carboxylic acids is 1. The molecule has 4 heteroatoms. The Balaban J connectivity index is 1.92. The summed E-state index contributed by atoms with van der Waals surface area (Å²) in [6, 6.07) is 8.34. The first-order valence-electron chi connectivity index (χ1n) is 6.28. The molecule has 0 aromatic heterocycles. The fourth-order valence-electron chi connectivity index (χ4n) is 2.33. The Morgan fingerprint density at radius 3 is 2.94 bits per heavy atom. The second kappa shape index (κ2) is 5.72. The van der Waals surface area contributed by atoms with Crippen LogP contribution < -0.4 is 0 Å². The molecule has 0 saturated carbocycles. The van der Waals surface area contributed by atoms with Gasteiger partial charge in [0.05, 0.1) is 6.54 Å². The Morgan fingerprint density at radius 1 is 1.44 bits per heavy atom. The summed E-state index contributed by atoms with van der Waals surface area (Å²) in [6.07, 6.45) is 0.932. The predicted molar refractivity (Wildman–Crippen MR) is 73.8 cm³/mol. The molecule has 1 heterocycles. The lowest BCUT2D eigenvalue weighted by Gasteiger charge is -2.37. The lowest BCUT2D eigenvalue weighted by molar-refractivity contribution is -0.136. The predicted octanol–water partition coefficient (Wildman–Crippen LogP) is 2.04. The van der Waals surface area contributed by atoms with Crippen molar-refractivity contribution in [1.29, 1.82) is 0 Å². The summed E-state index contributed by atoms with van der Waals surface area (Å²) in [4.78, 5) is 15.7. The van der Waals surface area contributed by atoms with Gasteiger partial charge in [0, 0.05) is 31.2 Å². The van der Waals surface area contributed by atoms with Crippen molar-refractivity contribution in [3.8, 4) is 0 Å². The van der Waals surface area contributed by atoms with Crippen molar-refractivity contribution in [3.05, 3.63) is 34.9 Å². The molecule has 1 aliphatic rings. The van der Waals surface area contributed by atoms with Gasteiger partial charge in [-0.05, 0) is 31.0 Å². The van der Waals surface area contributed by atoms with Crippen LogP contribution >= 0.6 is 11.6 Å². The molecule has 1 unspecified atom stereocenters. The van der Waals surface area contributed by atoms with E-state index >= 15 is 0 Å². The van der Waals surface area contributed by atoms with Crippen molar-refractivity contribution in [3.63, 3.8) is 0 Å². The summed E-state index contributed by atoms with van der Waals surface area (Å²) in [6.45, 7) is 4.41. The third kappa shape index (κ3) is 3.24. The highest BCUT2D eigenvalue weighted by molar-refractivity contribution is 6.30. The largest absolute Gasteiger partial charge is 0.343 e. The van der Waals surface area contributed by atoms with Crippen LogP contribution in [0.1, 0.15) is 12.5 Å². The van der Waals surface area contributed by atoms with E-state index in [0.29, 0.717) is 12.6 Å². The van der Waals surface area contributed by atoms with Crippen molar-refractivity contribution >= 4 is 17.5 Å². The van der Waals surface area contributed by atoms with Crippen molar-refractivity contribution in [2.45, 2.75) is 19.4 Å². The first-order chi connectivity index (χ1) is 8.56. The number of likely N-dealkylation sites (N-methyl/N-ethyl adjacent to an activating group) is 1. The fraction of sp³-hybridized carbons (Fsp3) is 0.500. The lowest BCUT2D eigenvalue weighted by Crippen LogP contribution is -2.53. The average Bonchev–Trinajstić information content (AvgIpc) is 2.32. The maximum atomic E-state index is 11.7. The quantitative estimate of drug-likeness (QED) is 0.836. The van der Waals surface area contributed by atoms with Gasteiger partial charge in [-0.1, -0.05) is 23.7 Å². The maximum absolute atomic E-state index is 11.7. The molecule has 1 aliphatic heterocycles. The van der Waals surface area contributed by atoms with Crippen molar-refractivity contribution < 1.29 is 4.79 Å². The van der Waals surface area contributed by atoms with E-state index in [0.717, 1.165) is 24.5 Å². The minimum atomic E-state index is 0.208. The zero-order valence-corrected chi connectivity index (χ0v) is 11.7. The Hall–Kier alpha value is -1.06. The van der Waals surface area contributed by atoms with Gasteiger partial charge in [0.2, 0.25) is 5.91 Å². The first-order valence-corrected chi connectivity index (χ1v) is 6.66. The molecule has 3 nitrogen and oxygen atoms in total. The van der Waals surface area contributed by atoms with Crippen LogP contribution in [0.3, 0.4) is 0 Å². The lowest BCUT2D eigenvalue weighted by atomic mass is 10.1. The summed E-state index contributed by atoms with van der Waals surface area (Å²) >= 11 is 5.96. The van der Waals surface area contributed by atoms with Crippen LogP contribution in [0.5, 0.6) is 0 Å². The average molecular weight is 267 g/mol. The second-order valence-electron chi connectivity index (χ2n) is 4.97. The molecular weight excluding hydrogens is 248 g/mol. The Kier molecular flexibility index (Phi) is 4.25. The SMILES string of the molecule is CC1CN(C)C(=O)CN1CCc1cccc(Cl)c1. The van der Waals surface area contributed by atoms with Gasteiger partial charge in [-0.3, -0.25) is 9.69 Å². The third-order valence-electron chi connectivity index (χ3n) is 3.50. The van der Waals surface area contributed by atoms with Gasteiger partial charge in [-0.25, -0.2) is 0 Å². The molecule has 1 aromatic rings. The molecule has 0 radical (unpaired) electrons. The van der Waals surface area contributed by atoms with E-state index in [1.54, 1.807) is 4.90 Å². The summed E-state index contributed by atoms with van der Waals surface area (Å²) in [5.41, 5.74) is 1.22. The maximum Gasteiger partial charge on any atom is 0.236 e. The number of halogens is 1. The number of rotatable bonds is 3. The molecule has 0 aliphatic carbocycles. The second-order valence-corrected chi connectivity index (χ2v) is 5.41. The van der Waals surface area contributed by atoms with Crippen LogP contribution in [0.4, 0.5) is 0 Å². The van der Waals surface area contributed by atoms with Crippen LogP contribution in [-0.4, -0.2) is 48.4 Å². The van der Waals surface area contributed by atoms with E-state index in [1.807, 2.05) is 25.2 Å². The van der Waals surface area contributed by atoms with Crippen molar-refractivity contribution in [2.24, 2.45) is 0 Å². The molecule has 1 amide bonds. The van der Waals surface area contributed by atoms with Gasteiger partial charge in [0.25, 0.3) is 0 Å². The number of piperazine rings is 1. The fourth-order valence-corrected chi connectivity index (χ4v) is 2.54.